The average molecular weight is 336 g/mol. The lowest BCUT2D eigenvalue weighted by Gasteiger charge is -2.08. The molecule has 0 radical (unpaired) electrons. The van der Waals surface area contributed by atoms with Gasteiger partial charge < -0.3 is 16.0 Å². The standard InChI is InChI=1S/C18H16N4O3/c1-12(23)20-14-6-8-16(9-7-14)22-18(25)10-17(24)21-15-4-2-13(11-19)3-5-15/h2-9H,10H2,1H3,(H,20,23)(H,21,24)(H,22,25). The summed E-state index contributed by atoms with van der Waals surface area (Å²) in [7, 11) is 0. The summed E-state index contributed by atoms with van der Waals surface area (Å²) in [6.07, 6.45) is -0.340. The van der Waals surface area contributed by atoms with E-state index in [-0.39, 0.29) is 12.3 Å². The second-order valence-electron chi connectivity index (χ2n) is 5.22. The van der Waals surface area contributed by atoms with Gasteiger partial charge in [0.25, 0.3) is 0 Å². The molecule has 0 aliphatic rings. The summed E-state index contributed by atoms with van der Waals surface area (Å²) in [6.45, 7) is 1.40. The van der Waals surface area contributed by atoms with Crippen LogP contribution in [0.25, 0.3) is 0 Å². The van der Waals surface area contributed by atoms with Gasteiger partial charge in [-0.15, -0.1) is 0 Å². The van der Waals surface area contributed by atoms with Crippen LogP contribution in [-0.2, 0) is 14.4 Å². The summed E-state index contributed by atoms with van der Waals surface area (Å²) >= 11 is 0. The van der Waals surface area contributed by atoms with Gasteiger partial charge in [-0.3, -0.25) is 14.4 Å². The quantitative estimate of drug-likeness (QED) is 0.728. The van der Waals surface area contributed by atoms with Crippen LogP contribution in [0.3, 0.4) is 0 Å². The molecule has 126 valence electrons. The molecule has 0 aliphatic carbocycles. The van der Waals surface area contributed by atoms with Crippen molar-refractivity contribution in [1.82, 2.24) is 0 Å². The van der Waals surface area contributed by atoms with Crippen LogP contribution in [0.2, 0.25) is 0 Å². The Morgan fingerprint density at radius 2 is 1.20 bits per heavy atom. The molecule has 0 spiro atoms. The third-order valence-electron chi connectivity index (χ3n) is 3.11. The number of carbonyl (C=O) groups excluding carboxylic acids is 3. The number of nitrogens with one attached hydrogen (secondary N) is 3. The highest BCUT2D eigenvalue weighted by molar-refractivity contribution is 6.08. The summed E-state index contributed by atoms with van der Waals surface area (Å²) in [5, 5.41) is 16.5. The summed E-state index contributed by atoms with van der Waals surface area (Å²) < 4.78 is 0. The zero-order valence-corrected chi connectivity index (χ0v) is 13.5. The van der Waals surface area contributed by atoms with Gasteiger partial charge >= 0.3 is 0 Å². The number of rotatable bonds is 5. The molecule has 2 rings (SSSR count). The third-order valence-corrected chi connectivity index (χ3v) is 3.11. The molecule has 0 atom stereocenters. The Hall–Kier alpha value is -3.66. The molecule has 0 aromatic heterocycles. The minimum absolute atomic E-state index is 0.184. The molecular weight excluding hydrogens is 320 g/mol. The maximum atomic E-state index is 11.9. The minimum Gasteiger partial charge on any atom is -0.326 e. The molecule has 2 aromatic carbocycles. The second-order valence-corrected chi connectivity index (χ2v) is 5.22. The first-order chi connectivity index (χ1) is 12.0. The molecule has 2 aromatic rings. The third kappa shape index (κ3) is 5.80. The maximum absolute atomic E-state index is 11.9. The number of hydrogen-bond donors (Lipinski definition) is 3. The first kappa shape index (κ1) is 17.7. The largest absolute Gasteiger partial charge is 0.326 e. The van der Waals surface area contributed by atoms with Gasteiger partial charge in [0.2, 0.25) is 17.7 Å². The molecule has 7 heteroatoms. The molecule has 0 saturated carbocycles. The van der Waals surface area contributed by atoms with E-state index in [1.54, 1.807) is 48.5 Å². The number of nitriles is 1. The minimum atomic E-state index is -0.461. The lowest BCUT2D eigenvalue weighted by Crippen LogP contribution is -2.21. The van der Waals surface area contributed by atoms with Crippen molar-refractivity contribution in [2.75, 3.05) is 16.0 Å². The van der Waals surface area contributed by atoms with Crippen molar-refractivity contribution in [3.8, 4) is 6.07 Å². The monoisotopic (exact) mass is 336 g/mol. The fourth-order valence-electron chi connectivity index (χ4n) is 2.02. The zero-order chi connectivity index (χ0) is 18.2. The van der Waals surface area contributed by atoms with Crippen LogP contribution in [0, 0.1) is 11.3 Å². The number of benzene rings is 2. The Balaban J connectivity index is 1.85. The number of carbonyl (C=O) groups is 3. The highest BCUT2D eigenvalue weighted by Gasteiger charge is 2.10. The number of amides is 3. The lowest BCUT2D eigenvalue weighted by molar-refractivity contribution is -0.123. The van der Waals surface area contributed by atoms with Gasteiger partial charge in [0.1, 0.15) is 6.42 Å². The van der Waals surface area contributed by atoms with Gasteiger partial charge in [0.05, 0.1) is 11.6 Å². The molecule has 0 aliphatic heterocycles. The summed E-state index contributed by atoms with van der Waals surface area (Å²) in [4.78, 5) is 34.7. The number of hydrogen-bond acceptors (Lipinski definition) is 4. The second kappa shape index (κ2) is 8.26. The van der Waals surface area contributed by atoms with Crippen molar-refractivity contribution in [2.45, 2.75) is 13.3 Å². The van der Waals surface area contributed by atoms with Crippen LogP contribution in [0.5, 0.6) is 0 Å². The van der Waals surface area contributed by atoms with Crippen LogP contribution in [0.4, 0.5) is 17.1 Å². The Morgan fingerprint density at radius 1 is 0.800 bits per heavy atom. The fourth-order valence-corrected chi connectivity index (χ4v) is 2.02. The Morgan fingerprint density at radius 3 is 1.60 bits per heavy atom. The van der Waals surface area contributed by atoms with Crippen molar-refractivity contribution >= 4 is 34.8 Å². The molecule has 0 bridgehead atoms. The molecule has 3 N–H and O–H groups in total. The van der Waals surface area contributed by atoms with E-state index in [4.69, 9.17) is 5.26 Å². The van der Waals surface area contributed by atoms with Crippen molar-refractivity contribution in [3.63, 3.8) is 0 Å². The summed E-state index contributed by atoms with van der Waals surface area (Å²) in [5.74, 6) is -1.10. The van der Waals surface area contributed by atoms with Crippen LogP contribution in [0.1, 0.15) is 18.9 Å². The highest BCUT2D eigenvalue weighted by Crippen LogP contribution is 2.14. The SMILES string of the molecule is CC(=O)Nc1ccc(NC(=O)CC(=O)Nc2ccc(C#N)cc2)cc1. The molecule has 3 amide bonds. The van der Waals surface area contributed by atoms with Gasteiger partial charge in [0.15, 0.2) is 0 Å². The van der Waals surface area contributed by atoms with E-state index in [0.717, 1.165) is 0 Å². The zero-order valence-electron chi connectivity index (χ0n) is 13.5. The molecule has 7 nitrogen and oxygen atoms in total. The van der Waals surface area contributed by atoms with Crippen molar-refractivity contribution in [3.05, 3.63) is 54.1 Å². The summed E-state index contributed by atoms with van der Waals surface area (Å²) in [5.41, 5.74) is 2.13. The smallest absolute Gasteiger partial charge is 0.233 e. The predicted molar refractivity (Wildman–Crippen MR) is 93.8 cm³/mol. The molecule has 0 heterocycles. The Labute approximate surface area is 144 Å². The normalized spacial score (nSPS) is 9.60. The van der Waals surface area contributed by atoms with E-state index in [0.29, 0.717) is 22.6 Å². The van der Waals surface area contributed by atoms with Gasteiger partial charge in [-0.05, 0) is 48.5 Å². The van der Waals surface area contributed by atoms with Gasteiger partial charge in [-0.2, -0.15) is 5.26 Å². The first-order valence-corrected chi connectivity index (χ1v) is 7.44. The first-order valence-electron chi connectivity index (χ1n) is 7.44. The molecule has 25 heavy (non-hydrogen) atoms. The van der Waals surface area contributed by atoms with Crippen molar-refractivity contribution < 1.29 is 14.4 Å². The molecule has 0 unspecified atom stereocenters. The van der Waals surface area contributed by atoms with E-state index in [1.165, 1.54) is 6.92 Å². The maximum Gasteiger partial charge on any atom is 0.233 e. The Kier molecular flexibility index (Phi) is 5.85. The van der Waals surface area contributed by atoms with E-state index in [2.05, 4.69) is 16.0 Å². The summed E-state index contributed by atoms with van der Waals surface area (Å²) in [6, 6.07) is 14.9. The molecule has 0 fully saturated rings. The topological polar surface area (TPSA) is 111 Å². The van der Waals surface area contributed by atoms with Crippen molar-refractivity contribution in [1.29, 1.82) is 5.26 Å². The average Bonchev–Trinajstić information content (AvgIpc) is 2.56. The van der Waals surface area contributed by atoms with E-state index < -0.39 is 11.8 Å². The highest BCUT2D eigenvalue weighted by atomic mass is 16.2. The number of nitrogens with zero attached hydrogens (tertiary/aromatic N) is 1. The number of anilines is 3. The van der Waals surface area contributed by atoms with Crippen LogP contribution in [-0.4, -0.2) is 17.7 Å². The van der Waals surface area contributed by atoms with Gasteiger partial charge in [0, 0.05) is 24.0 Å². The lowest BCUT2D eigenvalue weighted by atomic mass is 10.2. The van der Waals surface area contributed by atoms with Crippen LogP contribution < -0.4 is 16.0 Å². The molecule has 0 saturated heterocycles. The van der Waals surface area contributed by atoms with Crippen molar-refractivity contribution in [2.24, 2.45) is 0 Å². The molecular formula is C18H16N4O3. The van der Waals surface area contributed by atoms with Gasteiger partial charge in [-0.25, -0.2) is 0 Å². The Bertz CT molecular complexity index is 821. The van der Waals surface area contributed by atoms with E-state index >= 15 is 0 Å². The van der Waals surface area contributed by atoms with E-state index in [1.807, 2.05) is 6.07 Å². The van der Waals surface area contributed by atoms with E-state index in [9.17, 15) is 14.4 Å². The van der Waals surface area contributed by atoms with Gasteiger partial charge in [-0.1, -0.05) is 0 Å². The van der Waals surface area contributed by atoms with Crippen LogP contribution >= 0.6 is 0 Å². The fraction of sp³-hybridized carbons (Fsp3) is 0.111. The predicted octanol–water partition coefficient (Wildman–Crippen LogP) is 2.48. The van der Waals surface area contributed by atoms with Crippen LogP contribution in [0.15, 0.2) is 48.5 Å².